The van der Waals surface area contributed by atoms with Gasteiger partial charge in [-0.3, -0.25) is 4.79 Å². The number of ether oxygens (including phenoxy) is 1. The number of fused-ring (bicyclic) bond motifs is 1. The maximum Gasteiger partial charge on any atom is 0.169 e. The molecule has 1 aromatic carbocycles. The Balaban J connectivity index is 1.76. The Morgan fingerprint density at radius 3 is 2.65 bits per heavy atom. The Morgan fingerprint density at radius 2 is 2.00 bits per heavy atom. The molecule has 0 saturated heterocycles. The normalized spacial score (nSPS) is 29.2. The fourth-order valence-corrected chi connectivity index (χ4v) is 4.07. The number of Topliss-reactive ketones (excluding diaryl/α,β-unsaturated/α-hetero) is 1. The minimum atomic E-state index is -0.139. The summed E-state index contributed by atoms with van der Waals surface area (Å²) in [6.07, 6.45) is 5.50. The van der Waals surface area contributed by atoms with Crippen molar-refractivity contribution in [1.82, 2.24) is 0 Å². The second-order valence-electron chi connectivity index (χ2n) is 6.47. The first-order valence-electron chi connectivity index (χ1n) is 7.49. The molecule has 2 aliphatic carbocycles. The third-order valence-corrected chi connectivity index (χ3v) is 5.17. The zero-order valence-corrected chi connectivity index (χ0v) is 13.7. The molecule has 1 spiro atoms. The molecular formula is C17H21BrO2. The van der Waals surface area contributed by atoms with Gasteiger partial charge in [0.25, 0.3) is 0 Å². The van der Waals surface area contributed by atoms with Crippen LogP contribution in [0.15, 0.2) is 22.7 Å². The van der Waals surface area contributed by atoms with E-state index >= 15 is 0 Å². The zero-order valence-electron chi connectivity index (χ0n) is 12.1. The van der Waals surface area contributed by atoms with Crippen molar-refractivity contribution >= 4 is 21.7 Å². The van der Waals surface area contributed by atoms with Crippen LogP contribution in [0.25, 0.3) is 0 Å². The Morgan fingerprint density at radius 1 is 1.30 bits per heavy atom. The van der Waals surface area contributed by atoms with Gasteiger partial charge in [-0.1, -0.05) is 22.0 Å². The number of hydrogen-bond acceptors (Lipinski definition) is 2. The van der Waals surface area contributed by atoms with Gasteiger partial charge in [0.15, 0.2) is 5.78 Å². The van der Waals surface area contributed by atoms with Crippen LogP contribution < -0.4 is 0 Å². The molecule has 1 fully saturated rings. The van der Waals surface area contributed by atoms with Gasteiger partial charge in [0, 0.05) is 15.5 Å². The number of ketones is 1. The fraction of sp³-hybridized carbons (Fsp3) is 0.588. The van der Waals surface area contributed by atoms with E-state index in [1.165, 1.54) is 5.56 Å². The number of rotatable bonds is 2. The molecule has 0 aromatic heterocycles. The fourth-order valence-electron chi connectivity index (χ4n) is 3.71. The first-order chi connectivity index (χ1) is 9.50. The van der Waals surface area contributed by atoms with Gasteiger partial charge in [-0.05, 0) is 63.6 Å². The second kappa shape index (κ2) is 5.27. The van der Waals surface area contributed by atoms with E-state index in [9.17, 15) is 4.79 Å². The predicted molar refractivity (Wildman–Crippen MR) is 83.1 cm³/mol. The molecule has 1 saturated carbocycles. The van der Waals surface area contributed by atoms with Crippen LogP contribution in [0.3, 0.4) is 0 Å². The van der Waals surface area contributed by atoms with Gasteiger partial charge >= 0.3 is 0 Å². The average Bonchev–Trinajstić information content (AvgIpc) is 2.66. The van der Waals surface area contributed by atoms with Crippen molar-refractivity contribution in [3.63, 3.8) is 0 Å². The van der Waals surface area contributed by atoms with Gasteiger partial charge in [-0.15, -0.1) is 0 Å². The predicted octanol–water partition coefficient (Wildman–Crippen LogP) is 4.54. The molecule has 3 rings (SSSR count). The minimum absolute atomic E-state index is 0.139. The number of carbonyl (C=O) groups is 1. The molecule has 108 valence electrons. The van der Waals surface area contributed by atoms with Crippen LogP contribution in [0, 0.1) is 5.41 Å². The van der Waals surface area contributed by atoms with E-state index in [1.54, 1.807) is 0 Å². The van der Waals surface area contributed by atoms with Crippen LogP contribution in [0.1, 0.15) is 55.5 Å². The first-order valence-corrected chi connectivity index (χ1v) is 8.28. The summed E-state index contributed by atoms with van der Waals surface area (Å²) in [5.74, 6) is 0.358. The Bertz CT molecular complexity index is 528. The monoisotopic (exact) mass is 336 g/mol. The van der Waals surface area contributed by atoms with E-state index in [0.717, 1.165) is 42.1 Å². The average molecular weight is 337 g/mol. The van der Waals surface area contributed by atoms with E-state index in [2.05, 4.69) is 35.8 Å². The maximum absolute atomic E-state index is 12.8. The van der Waals surface area contributed by atoms with Crippen molar-refractivity contribution < 1.29 is 9.53 Å². The lowest BCUT2D eigenvalue weighted by Crippen LogP contribution is -2.36. The summed E-state index contributed by atoms with van der Waals surface area (Å²) >= 11 is 3.47. The molecule has 1 aromatic rings. The Labute approximate surface area is 129 Å². The lowest BCUT2D eigenvalue weighted by Gasteiger charge is -2.36. The summed E-state index contributed by atoms with van der Waals surface area (Å²) < 4.78 is 6.91. The molecule has 0 aliphatic heterocycles. The van der Waals surface area contributed by atoms with Crippen molar-refractivity contribution in [2.45, 2.75) is 58.2 Å². The molecule has 0 N–H and O–H groups in total. The number of hydrogen-bond donors (Lipinski definition) is 0. The van der Waals surface area contributed by atoms with E-state index in [1.807, 2.05) is 12.1 Å². The first kappa shape index (κ1) is 14.3. The number of carbonyl (C=O) groups excluding carboxylic acids is 1. The van der Waals surface area contributed by atoms with E-state index < -0.39 is 0 Å². The van der Waals surface area contributed by atoms with Crippen LogP contribution in [0.4, 0.5) is 0 Å². The molecule has 0 atom stereocenters. The summed E-state index contributed by atoms with van der Waals surface area (Å²) in [7, 11) is 0. The molecule has 0 radical (unpaired) electrons. The molecule has 3 heteroatoms. The van der Waals surface area contributed by atoms with Gasteiger partial charge < -0.3 is 4.74 Å². The SMILES string of the molecule is CC(C)OC1CCC2(CC1)Cc1ccc(Br)cc1C2=O. The largest absolute Gasteiger partial charge is 0.376 e. The topological polar surface area (TPSA) is 26.3 Å². The molecule has 0 heterocycles. The summed E-state index contributed by atoms with van der Waals surface area (Å²) in [4.78, 5) is 12.8. The highest BCUT2D eigenvalue weighted by Gasteiger charge is 2.47. The van der Waals surface area contributed by atoms with Crippen molar-refractivity contribution in [3.8, 4) is 0 Å². The van der Waals surface area contributed by atoms with Crippen molar-refractivity contribution in [2.24, 2.45) is 5.41 Å². The van der Waals surface area contributed by atoms with Crippen LogP contribution in [0.5, 0.6) is 0 Å². The number of halogens is 1. The van der Waals surface area contributed by atoms with Gasteiger partial charge in [0.05, 0.1) is 12.2 Å². The molecule has 2 aliphatic rings. The van der Waals surface area contributed by atoms with E-state index in [-0.39, 0.29) is 11.5 Å². The highest BCUT2D eigenvalue weighted by molar-refractivity contribution is 9.10. The molecular weight excluding hydrogens is 316 g/mol. The Hall–Kier alpha value is -0.670. The summed E-state index contributed by atoms with van der Waals surface area (Å²) in [6.45, 7) is 4.16. The summed E-state index contributed by atoms with van der Waals surface area (Å²) in [5.41, 5.74) is 2.02. The third-order valence-electron chi connectivity index (χ3n) is 4.68. The van der Waals surface area contributed by atoms with Crippen molar-refractivity contribution in [2.75, 3.05) is 0 Å². The second-order valence-corrected chi connectivity index (χ2v) is 7.39. The highest BCUT2D eigenvalue weighted by Crippen LogP contribution is 2.48. The van der Waals surface area contributed by atoms with Crippen LogP contribution in [-0.2, 0) is 11.2 Å². The van der Waals surface area contributed by atoms with Gasteiger partial charge in [-0.2, -0.15) is 0 Å². The van der Waals surface area contributed by atoms with Crippen LogP contribution >= 0.6 is 15.9 Å². The van der Waals surface area contributed by atoms with Gasteiger partial charge in [0.1, 0.15) is 0 Å². The van der Waals surface area contributed by atoms with Crippen molar-refractivity contribution in [1.29, 1.82) is 0 Å². The molecule has 0 unspecified atom stereocenters. The molecule has 0 amide bonds. The standard InChI is InChI=1S/C17H21BrO2/c1-11(2)20-14-5-7-17(8-6-14)10-12-3-4-13(18)9-15(12)16(17)19/h3-4,9,11,14H,5-8,10H2,1-2H3. The molecule has 20 heavy (non-hydrogen) atoms. The molecule has 2 nitrogen and oxygen atoms in total. The Kier molecular flexibility index (Phi) is 3.76. The van der Waals surface area contributed by atoms with Gasteiger partial charge in [0.2, 0.25) is 0 Å². The van der Waals surface area contributed by atoms with E-state index in [0.29, 0.717) is 11.9 Å². The highest BCUT2D eigenvalue weighted by atomic mass is 79.9. The number of benzene rings is 1. The van der Waals surface area contributed by atoms with Crippen molar-refractivity contribution in [3.05, 3.63) is 33.8 Å². The lowest BCUT2D eigenvalue weighted by molar-refractivity contribution is -0.0298. The minimum Gasteiger partial charge on any atom is -0.376 e. The van der Waals surface area contributed by atoms with Crippen LogP contribution in [-0.4, -0.2) is 18.0 Å². The summed E-state index contributed by atoms with van der Waals surface area (Å²) in [5, 5.41) is 0. The van der Waals surface area contributed by atoms with Gasteiger partial charge in [-0.25, -0.2) is 0 Å². The summed E-state index contributed by atoms with van der Waals surface area (Å²) in [6, 6.07) is 6.13. The smallest absolute Gasteiger partial charge is 0.169 e. The quantitative estimate of drug-likeness (QED) is 0.792. The molecule has 0 bridgehead atoms. The lowest BCUT2D eigenvalue weighted by atomic mass is 9.70. The third kappa shape index (κ3) is 2.46. The van der Waals surface area contributed by atoms with Crippen LogP contribution in [0.2, 0.25) is 0 Å². The van der Waals surface area contributed by atoms with E-state index in [4.69, 9.17) is 4.74 Å². The zero-order chi connectivity index (χ0) is 14.3. The maximum atomic E-state index is 12.8.